The van der Waals surface area contributed by atoms with Crippen molar-refractivity contribution in [2.24, 2.45) is 0 Å². The highest BCUT2D eigenvalue weighted by molar-refractivity contribution is 7.88. The third-order valence-corrected chi connectivity index (χ3v) is 3.73. The average Bonchev–Trinajstić information content (AvgIpc) is 2.35. The van der Waals surface area contributed by atoms with Gasteiger partial charge in [-0.05, 0) is 32.4 Å². The lowest BCUT2D eigenvalue weighted by Gasteiger charge is -2.20. The molecule has 1 aromatic rings. The molecule has 1 amide bonds. The van der Waals surface area contributed by atoms with Crippen LogP contribution in [0, 0.1) is 11.3 Å². The molecule has 0 saturated carbocycles. The molecule has 21 heavy (non-hydrogen) atoms. The van der Waals surface area contributed by atoms with Gasteiger partial charge in [0.15, 0.2) is 0 Å². The molecule has 0 aliphatic carbocycles. The molecule has 1 rings (SSSR count). The Bertz CT molecular complexity index is 655. The summed E-state index contributed by atoms with van der Waals surface area (Å²) in [7, 11) is -3.68. The normalized spacial score (nSPS) is 11.7. The Kier molecular flexibility index (Phi) is 5.47. The molecule has 0 radical (unpaired) electrons. The smallest absolute Gasteiger partial charge is 0.235 e. The molecule has 0 spiro atoms. The standard InChI is InChI=1S/C14H19N3O3S/c1-14(2,3)17-13(18)9-16-21(19,20)10-12-7-5-4-6-11(12)8-15/h4-7,16H,9-10H2,1-3H3,(H,17,18). The Morgan fingerprint density at radius 2 is 1.90 bits per heavy atom. The molecule has 0 aromatic heterocycles. The summed E-state index contributed by atoms with van der Waals surface area (Å²) in [4.78, 5) is 11.6. The monoisotopic (exact) mass is 309 g/mol. The van der Waals surface area contributed by atoms with E-state index in [-0.39, 0.29) is 12.3 Å². The van der Waals surface area contributed by atoms with Gasteiger partial charge in [0.1, 0.15) is 0 Å². The van der Waals surface area contributed by atoms with Crippen molar-refractivity contribution < 1.29 is 13.2 Å². The fourth-order valence-corrected chi connectivity index (χ4v) is 2.76. The minimum atomic E-state index is -3.68. The van der Waals surface area contributed by atoms with E-state index in [2.05, 4.69) is 10.0 Å². The first-order valence-electron chi connectivity index (χ1n) is 6.39. The number of sulfonamides is 1. The van der Waals surface area contributed by atoms with Gasteiger partial charge in [-0.2, -0.15) is 5.26 Å². The van der Waals surface area contributed by atoms with E-state index < -0.39 is 21.5 Å². The molecule has 114 valence electrons. The van der Waals surface area contributed by atoms with E-state index in [4.69, 9.17) is 5.26 Å². The maximum absolute atomic E-state index is 11.9. The zero-order valence-electron chi connectivity index (χ0n) is 12.3. The second kappa shape index (κ2) is 6.70. The van der Waals surface area contributed by atoms with Crippen LogP contribution in [0.25, 0.3) is 0 Å². The van der Waals surface area contributed by atoms with Crippen molar-refractivity contribution in [3.05, 3.63) is 35.4 Å². The van der Waals surface area contributed by atoms with E-state index in [0.717, 1.165) is 0 Å². The van der Waals surface area contributed by atoms with Gasteiger partial charge < -0.3 is 5.32 Å². The molecule has 0 saturated heterocycles. The van der Waals surface area contributed by atoms with Crippen molar-refractivity contribution in [1.82, 2.24) is 10.0 Å². The molecular formula is C14H19N3O3S. The van der Waals surface area contributed by atoms with Crippen molar-refractivity contribution in [2.45, 2.75) is 32.1 Å². The Balaban J connectivity index is 2.67. The molecule has 7 heteroatoms. The number of benzene rings is 1. The third-order valence-electron chi connectivity index (χ3n) is 2.45. The fourth-order valence-electron chi connectivity index (χ4n) is 1.65. The van der Waals surface area contributed by atoms with Crippen molar-refractivity contribution in [1.29, 1.82) is 5.26 Å². The highest BCUT2D eigenvalue weighted by Crippen LogP contribution is 2.10. The number of hydrogen-bond acceptors (Lipinski definition) is 4. The van der Waals surface area contributed by atoms with Crippen LogP contribution in [0.1, 0.15) is 31.9 Å². The molecule has 0 aliphatic rings. The number of hydrogen-bond donors (Lipinski definition) is 2. The zero-order valence-corrected chi connectivity index (χ0v) is 13.1. The van der Waals surface area contributed by atoms with Gasteiger partial charge >= 0.3 is 0 Å². The first-order valence-corrected chi connectivity index (χ1v) is 8.04. The predicted molar refractivity (Wildman–Crippen MR) is 79.7 cm³/mol. The molecule has 0 atom stereocenters. The summed E-state index contributed by atoms with van der Waals surface area (Å²) in [6.45, 7) is 5.10. The first kappa shape index (κ1) is 17.1. The summed E-state index contributed by atoms with van der Waals surface area (Å²) in [6, 6.07) is 8.40. The van der Waals surface area contributed by atoms with Gasteiger partial charge in [-0.15, -0.1) is 0 Å². The van der Waals surface area contributed by atoms with E-state index in [1.807, 2.05) is 26.8 Å². The molecule has 0 unspecified atom stereocenters. The summed E-state index contributed by atoms with van der Waals surface area (Å²) < 4.78 is 26.1. The quantitative estimate of drug-likeness (QED) is 0.844. The molecule has 0 aliphatic heterocycles. The van der Waals surface area contributed by atoms with Gasteiger partial charge in [-0.25, -0.2) is 13.1 Å². The van der Waals surface area contributed by atoms with Gasteiger partial charge in [0.2, 0.25) is 15.9 Å². The van der Waals surface area contributed by atoms with E-state index >= 15 is 0 Å². The second-order valence-electron chi connectivity index (χ2n) is 5.65. The topological polar surface area (TPSA) is 99.1 Å². The number of carbonyl (C=O) groups is 1. The number of nitriles is 1. The van der Waals surface area contributed by atoms with Crippen LogP contribution in [0.3, 0.4) is 0 Å². The van der Waals surface area contributed by atoms with Crippen molar-refractivity contribution in [3.63, 3.8) is 0 Å². The highest BCUT2D eigenvalue weighted by Gasteiger charge is 2.18. The Labute approximate surface area is 125 Å². The maximum Gasteiger partial charge on any atom is 0.235 e. The largest absolute Gasteiger partial charge is 0.350 e. The summed E-state index contributed by atoms with van der Waals surface area (Å²) >= 11 is 0. The summed E-state index contributed by atoms with van der Waals surface area (Å²) in [5.41, 5.74) is 0.293. The second-order valence-corrected chi connectivity index (χ2v) is 7.45. The third kappa shape index (κ3) is 6.38. The SMILES string of the molecule is CC(C)(C)NC(=O)CNS(=O)(=O)Cc1ccccc1C#N. The number of carbonyl (C=O) groups excluding carboxylic acids is 1. The van der Waals surface area contributed by atoms with Crippen molar-refractivity contribution in [3.8, 4) is 6.07 Å². The van der Waals surface area contributed by atoms with Gasteiger partial charge in [0, 0.05) is 5.54 Å². The van der Waals surface area contributed by atoms with Crippen LogP contribution in [0.4, 0.5) is 0 Å². The van der Waals surface area contributed by atoms with Crippen molar-refractivity contribution in [2.75, 3.05) is 6.54 Å². The van der Waals surface area contributed by atoms with E-state index in [1.54, 1.807) is 24.3 Å². The molecule has 2 N–H and O–H groups in total. The van der Waals surface area contributed by atoms with Gasteiger partial charge in [0.05, 0.1) is 23.9 Å². The number of rotatable bonds is 5. The van der Waals surface area contributed by atoms with Crippen LogP contribution in [0.15, 0.2) is 24.3 Å². The molecule has 0 heterocycles. The average molecular weight is 309 g/mol. The molecular weight excluding hydrogens is 290 g/mol. The maximum atomic E-state index is 11.9. The highest BCUT2D eigenvalue weighted by atomic mass is 32.2. The van der Waals surface area contributed by atoms with Gasteiger partial charge in [0.25, 0.3) is 0 Å². The minimum Gasteiger partial charge on any atom is -0.350 e. The predicted octanol–water partition coefficient (Wildman–Crippen LogP) is 0.892. The van der Waals surface area contributed by atoms with E-state index in [9.17, 15) is 13.2 Å². The molecule has 0 bridgehead atoms. The Morgan fingerprint density at radius 3 is 2.48 bits per heavy atom. The number of nitrogens with zero attached hydrogens (tertiary/aromatic N) is 1. The number of nitrogens with one attached hydrogen (secondary N) is 2. The van der Waals surface area contributed by atoms with Crippen LogP contribution in [0.2, 0.25) is 0 Å². The lowest BCUT2D eigenvalue weighted by Crippen LogP contribution is -2.46. The summed E-state index contributed by atoms with van der Waals surface area (Å²) in [6.07, 6.45) is 0. The first-order chi connectivity index (χ1) is 9.63. The van der Waals surface area contributed by atoms with Gasteiger partial charge in [-0.3, -0.25) is 4.79 Å². The summed E-state index contributed by atoms with van der Waals surface area (Å²) in [5.74, 6) is -0.737. The Morgan fingerprint density at radius 1 is 1.29 bits per heavy atom. The number of amides is 1. The molecule has 0 fully saturated rings. The van der Waals surface area contributed by atoms with Crippen LogP contribution >= 0.6 is 0 Å². The van der Waals surface area contributed by atoms with Crippen LogP contribution in [0.5, 0.6) is 0 Å². The van der Waals surface area contributed by atoms with Gasteiger partial charge in [-0.1, -0.05) is 18.2 Å². The van der Waals surface area contributed by atoms with Crippen LogP contribution < -0.4 is 10.0 Å². The molecule has 1 aromatic carbocycles. The van der Waals surface area contributed by atoms with E-state index in [0.29, 0.717) is 11.1 Å². The van der Waals surface area contributed by atoms with Crippen LogP contribution in [-0.2, 0) is 20.6 Å². The van der Waals surface area contributed by atoms with Crippen molar-refractivity contribution >= 4 is 15.9 Å². The Hall–Kier alpha value is -1.91. The van der Waals surface area contributed by atoms with E-state index in [1.165, 1.54) is 0 Å². The molecule has 6 nitrogen and oxygen atoms in total. The summed E-state index contributed by atoms with van der Waals surface area (Å²) in [5, 5.41) is 11.6. The minimum absolute atomic E-state index is 0.307. The lowest BCUT2D eigenvalue weighted by atomic mass is 10.1. The fraction of sp³-hybridized carbons (Fsp3) is 0.429. The zero-order chi connectivity index (χ0) is 16.1. The van der Waals surface area contributed by atoms with Crippen LogP contribution in [-0.4, -0.2) is 26.4 Å². The lowest BCUT2D eigenvalue weighted by molar-refractivity contribution is -0.121.